The normalized spacial score (nSPS) is 12.5. The molecule has 0 saturated heterocycles. The van der Waals surface area contributed by atoms with E-state index in [1.165, 1.54) is 5.56 Å². The molecule has 0 spiro atoms. The highest BCUT2D eigenvalue weighted by atomic mass is 127. The number of nitrogens with one attached hydrogen (secondary N) is 2. The van der Waals surface area contributed by atoms with E-state index in [0.717, 1.165) is 58.0 Å². The topological polar surface area (TPSA) is 58.1 Å². The van der Waals surface area contributed by atoms with Crippen LogP contribution in [0.3, 0.4) is 0 Å². The number of nitrogens with zero attached hydrogens (tertiary/aromatic N) is 2. The average Bonchev–Trinajstić information content (AvgIpc) is 2.70. The molecule has 0 radical (unpaired) electrons. The van der Waals surface area contributed by atoms with Crippen LogP contribution in [-0.2, 0) is 16.0 Å². The molecular weight excluding hydrogens is 479 g/mol. The molecule has 6 nitrogen and oxygen atoms in total. The summed E-state index contributed by atoms with van der Waals surface area (Å²) in [5.41, 5.74) is 1.35. The standard InChI is InChI=1S/C22H40N4O2.HI/c1-5-23-22(24-14-9-10-16-28-18-17-27-4)25-15-13-20(2)26(3)19-21-11-7-6-8-12-21;/h6-8,11-12,20H,5,9-10,13-19H2,1-4H3,(H2,23,24,25);1H. The zero-order chi connectivity index (χ0) is 20.5. The second kappa shape index (κ2) is 19.1. The largest absolute Gasteiger partial charge is 0.382 e. The third kappa shape index (κ3) is 14.7. The maximum absolute atomic E-state index is 5.48. The minimum atomic E-state index is 0. The number of unbranched alkanes of at least 4 members (excludes halogenated alkanes) is 1. The molecule has 0 aliphatic carbocycles. The molecule has 0 amide bonds. The van der Waals surface area contributed by atoms with Gasteiger partial charge < -0.3 is 20.1 Å². The van der Waals surface area contributed by atoms with Gasteiger partial charge in [-0.3, -0.25) is 9.89 Å². The van der Waals surface area contributed by atoms with E-state index in [-0.39, 0.29) is 24.0 Å². The Morgan fingerprint density at radius 3 is 2.55 bits per heavy atom. The first kappa shape index (κ1) is 28.1. The molecule has 1 aromatic carbocycles. The molecule has 168 valence electrons. The Morgan fingerprint density at radius 1 is 1.10 bits per heavy atom. The van der Waals surface area contributed by atoms with Crippen LogP contribution < -0.4 is 10.6 Å². The number of halogens is 1. The van der Waals surface area contributed by atoms with Gasteiger partial charge in [-0.25, -0.2) is 0 Å². The van der Waals surface area contributed by atoms with Crippen molar-refractivity contribution < 1.29 is 9.47 Å². The predicted octanol–water partition coefficient (Wildman–Crippen LogP) is 3.51. The van der Waals surface area contributed by atoms with Crippen LogP contribution in [0.4, 0.5) is 0 Å². The zero-order valence-corrected chi connectivity index (χ0v) is 21.0. The SMILES string of the molecule is CCNC(=NCCCCOCCOC)NCCC(C)N(C)Cc1ccccc1.I. The van der Waals surface area contributed by atoms with E-state index in [2.05, 4.69) is 71.8 Å². The summed E-state index contributed by atoms with van der Waals surface area (Å²) in [6.45, 7) is 10.0. The summed E-state index contributed by atoms with van der Waals surface area (Å²) >= 11 is 0. The summed E-state index contributed by atoms with van der Waals surface area (Å²) in [6, 6.07) is 11.1. The molecule has 29 heavy (non-hydrogen) atoms. The van der Waals surface area contributed by atoms with Gasteiger partial charge in [0.1, 0.15) is 0 Å². The number of rotatable bonds is 15. The van der Waals surface area contributed by atoms with Gasteiger partial charge in [0.25, 0.3) is 0 Å². The molecule has 0 aliphatic rings. The first-order chi connectivity index (χ1) is 13.7. The van der Waals surface area contributed by atoms with Crippen LogP contribution in [0.5, 0.6) is 0 Å². The van der Waals surface area contributed by atoms with Crippen molar-refractivity contribution in [3.63, 3.8) is 0 Å². The first-order valence-electron chi connectivity index (χ1n) is 10.5. The lowest BCUT2D eigenvalue weighted by molar-refractivity contribution is 0.0690. The van der Waals surface area contributed by atoms with Gasteiger partial charge in [-0.1, -0.05) is 30.3 Å². The fraction of sp³-hybridized carbons (Fsp3) is 0.682. The zero-order valence-electron chi connectivity index (χ0n) is 18.7. The van der Waals surface area contributed by atoms with Crippen molar-refractivity contribution in [3.8, 4) is 0 Å². The Labute approximate surface area is 194 Å². The number of aliphatic imine (C=N–C) groups is 1. The van der Waals surface area contributed by atoms with Crippen LogP contribution in [0.25, 0.3) is 0 Å². The summed E-state index contributed by atoms with van der Waals surface area (Å²) in [4.78, 5) is 7.05. The number of methoxy groups -OCH3 is 1. The van der Waals surface area contributed by atoms with Crippen LogP contribution in [0.1, 0.15) is 38.7 Å². The molecule has 1 atom stereocenters. The Kier molecular flexibility index (Phi) is 18.5. The Balaban J connectivity index is 0.00000784. The minimum absolute atomic E-state index is 0. The van der Waals surface area contributed by atoms with Gasteiger partial charge in [0.15, 0.2) is 5.96 Å². The Bertz CT molecular complexity index is 517. The van der Waals surface area contributed by atoms with E-state index >= 15 is 0 Å². The molecule has 1 unspecified atom stereocenters. The van der Waals surface area contributed by atoms with Crippen molar-refractivity contribution in [1.82, 2.24) is 15.5 Å². The molecule has 0 heterocycles. The molecule has 0 bridgehead atoms. The van der Waals surface area contributed by atoms with Gasteiger partial charge in [-0.15, -0.1) is 24.0 Å². The number of hydrogen-bond donors (Lipinski definition) is 2. The van der Waals surface area contributed by atoms with Crippen molar-refractivity contribution in [1.29, 1.82) is 0 Å². The van der Waals surface area contributed by atoms with E-state index in [9.17, 15) is 0 Å². The van der Waals surface area contributed by atoms with Crippen molar-refractivity contribution in [2.45, 2.75) is 45.7 Å². The molecule has 0 aromatic heterocycles. The van der Waals surface area contributed by atoms with Crippen molar-refractivity contribution in [2.24, 2.45) is 4.99 Å². The summed E-state index contributed by atoms with van der Waals surface area (Å²) in [7, 11) is 3.88. The van der Waals surface area contributed by atoms with Crippen LogP contribution in [-0.4, -0.2) is 70.5 Å². The Morgan fingerprint density at radius 2 is 1.86 bits per heavy atom. The summed E-state index contributed by atoms with van der Waals surface area (Å²) in [6.07, 6.45) is 3.12. The molecule has 0 saturated carbocycles. The molecule has 1 aromatic rings. The van der Waals surface area contributed by atoms with E-state index < -0.39 is 0 Å². The van der Waals surface area contributed by atoms with Crippen LogP contribution in [0.2, 0.25) is 0 Å². The fourth-order valence-electron chi connectivity index (χ4n) is 2.74. The lowest BCUT2D eigenvalue weighted by atomic mass is 10.1. The number of ether oxygens (including phenoxy) is 2. The van der Waals surface area contributed by atoms with Crippen LogP contribution in [0, 0.1) is 0 Å². The van der Waals surface area contributed by atoms with Crippen molar-refractivity contribution >= 4 is 29.9 Å². The van der Waals surface area contributed by atoms with Gasteiger partial charge in [0, 0.05) is 45.9 Å². The fourth-order valence-corrected chi connectivity index (χ4v) is 2.74. The van der Waals surface area contributed by atoms with Crippen LogP contribution >= 0.6 is 24.0 Å². The molecule has 2 N–H and O–H groups in total. The van der Waals surface area contributed by atoms with Crippen molar-refractivity contribution in [2.75, 3.05) is 53.6 Å². The third-order valence-corrected chi connectivity index (χ3v) is 4.62. The summed E-state index contributed by atoms with van der Waals surface area (Å²) in [5, 5.41) is 6.78. The maximum Gasteiger partial charge on any atom is 0.191 e. The maximum atomic E-state index is 5.48. The van der Waals surface area contributed by atoms with E-state index in [1.54, 1.807) is 7.11 Å². The van der Waals surface area contributed by atoms with Gasteiger partial charge in [0.2, 0.25) is 0 Å². The van der Waals surface area contributed by atoms with E-state index in [1.807, 2.05) is 0 Å². The lowest BCUT2D eigenvalue weighted by Crippen LogP contribution is -2.40. The molecular formula is C22H41IN4O2. The quantitative estimate of drug-likeness (QED) is 0.161. The summed E-state index contributed by atoms with van der Waals surface area (Å²) < 4.78 is 10.4. The third-order valence-electron chi connectivity index (χ3n) is 4.62. The number of benzene rings is 1. The Hall–Kier alpha value is -0.900. The van der Waals surface area contributed by atoms with Gasteiger partial charge in [-0.2, -0.15) is 0 Å². The van der Waals surface area contributed by atoms with E-state index in [4.69, 9.17) is 9.47 Å². The van der Waals surface area contributed by atoms with Gasteiger partial charge in [0.05, 0.1) is 13.2 Å². The van der Waals surface area contributed by atoms with Crippen LogP contribution in [0.15, 0.2) is 35.3 Å². The highest BCUT2D eigenvalue weighted by Gasteiger charge is 2.09. The summed E-state index contributed by atoms with van der Waals surface area (Å²) in [5.74, 6) is 0.903. The molecule has 0 fully saturated rings. The first-order valence-corrected chi connectivity index (χ1v) is 10.5. The average molecular weight is 521 g/mol. The second-order valence-corrected chi connectivity index (χ2v) is 7.04. The van der Waals surface area contributed by atoms with Crippen molar-refractivity contribution in [3.05, 3.63) is 35.9 Å². The highest BCUT2D eigenvalue weighted by molar-refractivity contribution is 14.0. The van der Waals surface area contributed by atoms with E-state index in [0.29, 0.717) is 19.3 Å². The minimum Gasteiger partial charge on any atom is -0.382 e. The van der Waals surface area contributed by atoms with Gasteiger partial charge in [-0.05, 0) is 45.7 Å². The smallest absolute Gasteiger partial charge is 0.191 e. The number of guanidine groups is 1. The molecule has 7 heteroatoms. The monoisotopic (exact) mass is 520 g/mol. The lowest BCUT2D eigenvalue weighted by Gasteiger charge is -2.25. The number of hydrogen-bond acceptors (Lipinski definition) is 4. The molecule has 0 aliphatic heterocycles. The second-order valence-electron chi connectivity index (χ2n) is 7.04. The molecule has 1 rings (SSSR count). The predicted molar refractivity (Wildman–Crippen MR) is 133 cm³/mol. The van der Waals surface area contributed by atoms with Gasteiger partial charge >= 0.3 is 0 Å². The highest BCUT2D eigenvalue weighted by Crippen LogP contribution is 2.07.